The van der Waals surface area contributed by atoms with Crippen LogP contribution in [0.25, 0.3) is 0 Å². The predicted molar refractivity (Wildman–Crippen MR) is 54.5 cm³/mol. The van der Waals surface area contributed by atoms with Gasteiger partial charge >= 0.3 is 5.97 Å². The Balaban J connectivity index is 2.32. The average Bonchev–Trinajstić information content (AvgIpc) is 2.57. The van der Waals surface area contributed by atoms with Crippen molar-refractivity contribution in [1.29, 1.82) is 0 Å². The van der Waals surface area contributed by atoms with Gasteiger partial charge in [0.15, 0.2) is 0 Å². The van der Waals surface area contributed by atoms with Gasteiger partial charge in [-0.3, -0.25) is 4.79 Å². The first kappa shape index (κ1) is 9.81. The third kappa shape index (κ3) is 1.72. The number of halogens is 2. The van der Waals surface area contributed by atoms with E-state index in [1.807, 2.05) is 6.07 Å². The fourth-order valence-electron chi connectivity index (χ4n) is 1.51. The molecule has 1 aromatic carbocycles. The Kier molecular flexibility index (Phi) is 2.66. The van der Waals surface area contributed by atoms with Crippen LogP contribution in [0.1, 0.15) is 24.5 Å². The van der Waals surface area contributed by atoms with Gasteiger partial charge in [0.05, 0.1) is 10.0 Å². The minimum atomic E-state index is -0.228. The van der Waals surface area contributed by atoms with Gasteiger partial charge in [-0.1, -0.05) is 35.3 Å². The van der Waals surface area contributed by atoms with Gasteiger partial charge in [0.1, 0.15) is 6.10 Å². The van der Waals surface area contributed by atoms with Crippen LogP contribution in [0.5, 0.6) is 0 Å². The molecule has 1 fully saturated rings. The number of benzene rings is 1. The van der Waals surface area contributed by atoms with Crippen LogP contribution in [0.4, 0.5) is 0 Å². The van der Waals surface area contributed by atoms with E-state index in [0.717, 1.165) is 5.56 Å². The Morgan fingerprint density at radius 3 is 2.79 bits per heavy atom. The molecule has 1 aliphatic heterocycles. The van der Waals surface area contributed by atoms with Crippen LogP contribution in [0.2, 0.25) is 10.0 Å². The zero-order valence-corrected chi connectivity index (χ0v) is 8.81. The van der Waals surface area contributed by atoms with E-state index in [4.69, 9.17) is 27.9 Å². The number of hydrogen-bond acceptors (Lipinski definition) is 2. The topological polar surface area (TPSA) is 26.3 Å². The molecule has 1 saturated heterocycles. The number of rotatable bonds is 1. The largest absolute Gasteiger partial charge is 0.457 e. The highest BCUT2D eigenvalue weighted by molar-refractivity contribution is 6.42. The second kappa shape index (κ2) is 3.79. The Morgan fingerprint density at radius 2 is 2.14 bits per heavy atom. The molecule has 2 rings (SSSR count). The summed E-state index contributed by atoms with van der Waals surface area (Å²) in [5.74, 6) is -0.175. The van der Waals surface area contributed by atoms with E-state index >= 15 is 0 Å². The lowest BCUT2D eigenvalue weighted by Crippen LogP contribution is -1.99. The van der Waals surface area contributed by atoms with Crippen molar-refractivity contribution in [3.05, 3.63) is 33.8 Å². The highest BCUT2D eigenvalue weighted by atomic mass is 35.5. The molecule has 2 nitrogen and oxygen atoms in total. The van der Waals surface area contributed by atoms with Gasteiger partial charge in [-0.05, 0) is 12.5 Å². The third-order valence-corrected chi connectivity index (χ3v) is 3.05. The second-order valence-electron chi connectivity index (χ2n) is 3.16. The summed E-state index contributed by atoms with van der Waals surface area (Å²) in [6.45, 7) is 0. The van der Waals surface area contributed by atoms with Crippen LogP contribution in [0.15, 0.2) is 18.2 Å². The first-order valence-electron chi connectivity index (χ1n) is 4.32. The molecule has 0 aliphatic carbocycles. The van der Waals surface area contributed by atoms with Crippen molar-refractivity contribution in [2.45, 2.75) is 18.9 Å². The molecule has 0 radical (unpaired) electrons. The van der Waals surface area contributed by atoms with E-state index in [0.29, 0.717) is 22.9 Å². The Morgan fingerprint density at radius 1 is 1.36 bits per heavy atom. The molecule has 1 aliphatic rings. The van der Waals surface area contributed by atoms with Crippen LogP contribution < -0.4 is 0 Å². The zero-order chi connectivity index (χ0) is 10.1. The van der Waals surface area contributed by atoms with Crippen molar-refractivity contribution in [3.63, 3.8) is 0 Å². The monoisotopic (exact) mass is 230 g/mol. The summed E-state index contributed by atoms with van der Waals surface area (Å²) in [5, 5.41) is 0.973. The number of carbonyl (C=O) groups is 1. The Bertz CT molecular complexity index is 376. The highest BCUT2D eigenvalue weighted by Gasteiger charge is 2.26. The number of cyclic esters (lactones) is 1. The first-order valence-corrected chi connectivity index (χ1v) is 5.07. The van der Waals surface area contributed by atoms with E-state index in [1.165, 1.54) is 0 Å². The van der Waals surface area contributed by atoms with Gasteiger partial charge in [-0.25, -0.2) is 0 Å². The minimum Gasteiger partial charge on any atom is -0.457 e. The van der Waals surface area contributed by atoms with Crippen molar-refractivity contribution < 1.29 is 9.53 Å². The Hall–Kier alpha value is -0.730. The smallest absolute Gasteiger partial charge is 0.306 e. The highest BCUT2D eigenvalue weighted by Crippen LogP contribution is 2.36. The molecule has 74 valence electrons. The molecule has 4 heteroatoms. The maximum Gasteiger partial charge on any atom is 0.306 e. The molecule has 1 aromatic rings. The quantitative estimate of drug-likeness (QED) is 0.692. The van der Waals surface area contributed by atoms with Gasteiger partial charge in [0, 0.05) is 12.0 Å². The van der Waals surface area contributed by atoms with Crippen LogP contribution in [-0.2, 0) is 9.53 Å². The maximum absolute atomic E-state index is 10.9. The van der Waals surface area contributed by atoms with Crippen LogP contribution in [-0.4, -0.2) is 5.97 Å². The predicted octanol–water partition coefficient (Wildman–Crippen LogP) is 3.37. The normalized spacial score (nSPS) is 21.0. The van der Waals surface area contributed by atoms with Gasteiger partial charge in [0.25, 0.3) is 0 Å². The maximum atomic E-state index is 10.9. The number of hydrogen-bond donors (Lipinski definition) is 0. The fraction of sp³-hybridized carbons (Fsp3) is 0.300. The summed E-state index contributed by atoms with van der Waals surface area (Å²) in [4.78, 5) is 10.9. The first-order chi connectivity index (χ1) is 6.68. The average molecular weight is 231 g/mol. The zero-order valence-electron chi connectivity index (χ0n) is 7.30. The third-order valence-electron chi connectivity index (χ3n) is 2.21. The standard InChI is InChI=1S/C10H8Cl2O2/c11-7-3-1-2-6(10(7)12)8-4-5-9(13)14-8/h1-3,8H,4-5H2. The summed E-state index contributed by atoms with van der Waals surface area (Å²) in [5.41, 5.74) is 0.796. The van der Waals surface area contributed by atoms with Crippen molar-refractivity contribution >= 4 is 29.2 Å². The molecular formula is C10H8Cl2O2. The molecule has 14 heavy (non-hydrogen) atoms. The van der Waals surface area contributed by atoms with E-state index in [-0.39, 0.29) is 12.1 Å². The summed E-state index contributed by atoms with van der Waals surface area (Å²) in [6, 6.07) is 5.34. The number of ether oxygens (including phenoxy) is 1. The second-order valence-corrected chi connectivity index (χ2v) is 3.95. The molecule has 1 atom stereocenters. The molecule has 0 spiro atoms. The lowest BCUT2D eigenvalue weighted by Gasteiger charge is -2.11. The summed E-state index contributed by atoms with van der Waals surface area (Å²) >= 11 is 11.9. The summed E-state index contributed by atoms with van der Waals surface area (Å²) in [7, 11) is 0. The van der Waals surface area contributed by atoms with E-state index in [1.54, 1.807) is 12.1 Å². The van der Waals surface area contributed by atoms with Gasteiger partial charge in [-0.15, -0.1) is 0 Å². The van der Waals surface area contributed by atoms with Crippen molar-refractivity contribution in [3.8, 4) is 0 Å². The number of carbonyl (C=O) groups excluding carboxylic acids is 1. The fourth-order valence-corrected chi connectivity index (χ4v) is 1.94. The molecule has 1 heterocycles. The van der Waals surface area contributed by atoms with Crippen LogP contribution in [0, 0.1) is 0 Å². The lowest BCUT2D eigenvalue weighted by atomic mass is 10.1. The molecule has 0 saturated carbocycles. The van der Waals surface area contributed by atoms with E-state index < -0.39 is 0 Å². The molecule has 0 amide bonds. The minimum absolute atomic E-state index is 0.175. The number of esters is 1. The van der Waals surface area contributed by atoms with Crippen molar-refractivity contribution in [2.75, 3.05) is 0 Å². The SMILES string of the molecule is O=C1CCC(c2cccc(Cl)c2Cl)O1. The van der Waals surface area contributed by atoms with Crippen molar-refractivity contribution in [2.24, 2.45) is 0 Å². The van der Waals surface area contributed by atoms with E-state index in [2.05, 4.69) is 0 Å². The van der Waals surface area contributed by atoms with Gasteiger partial charge < -0.3 is 4.74 Å². The lowest BCUT2D eigenvalue weighted by molar-refractivity contribution is -0.141. The van der Waals surface area contributed by atoms with Gasteiger partial charge in [0.2, 0.25) is 0 Å². The molecule has 1 unspecified atom stereocenters. The molecule has 0 bridgehead atoms. The van der Waals surface area contributed by atoms with E-state index in [9.17, 15) is 4.79 Å². The van der Waals surface area contributed by atoms with Crippen LogP contribution >= 0.6 is 23.2 Å². The molecular weight excluding hydrogens is 223 g/mol. The Labute approximate surface area is 91.8 Å². The van der Waals surface area contributed by atoms with Crippen molar-refractivity contribution in [1.82, 2.24) is 0 Å². The van der Waals surface area contributed by atoms with Gasteiger partial charge in [-0.2, -0.15) is 0 Å². The molecule has 0 aromatic heterocycles. The summed E-state index contributed by atoms with van der Waals surface area (Å²) < 4.78 is 5.10. The summed E-state index contributed by atoms with van der Waals surface area (Å²) in [6.07, 6.45) is 0.903. The van der Waals surface area contributed by atoms with Crippen LogP contribution in [0.3, 0.4) is 0 Å². The molecule has 0 N–H and O–H groups in total.